The topological polar surface area (TPSA) is 43.4 Å². The molecule has 1 N–H and O–H groups in total. The summed E-state index contributed by atoms with van der Waals surface area (Å²) in [6.45, 7) is 4.35. The lowest BCUT2D eigenvalue weighted by atomic mass is 10.2. The molecule has 0 unspecified atom stereocenters. The van der Waals surface area contributed by atoms with E-state index in [1.165, 1.54) is 5.56 Å². The van der Waals surface area contributed by atoms with Crippen LogP contribution in [0, 0.1) is 0 Å². The van der Waals surface area contributed by atoms with Gasteiger partial charge in [-0.1, -0.05) is 19.1 Å². The summed E-state index contributed by atoms with van der Waals surface area (Å²) in [6, 6.07) is 11.9. The lowest BCUT2D eigenvalue weighted by molar-refractivity contribution is 0.293. The number of ether oxygens (including phenoxy) is 2. The van der Waals surface area contributed by atoms with Crippen molar-refractivity contribution in [1.82, 2.24) is 10.3 Å². The van der Waals surface area contributed by atoms with Crippen LogP contribution in [0.1, 0.15) is 18.1 Å². The van der Waals surface area contributed by atoms with Crippen molar-refractivity contribution < 1.29 is 9.47 Å². The van der Waals surface area contributed by atoms with Crippen LogP contribution in [-0.2, 0) is 13.2 Å². The van der Waals surface area contributed by atoms with E-state index < -0.39 is 0 Å². The summed E-state index contributed by atoms with van der Waals surface area (Å²) >= 11 is 0. The Bertz CT molecular complexity index is 544. The molecule has 0 atom stereocenters. The lowest BCUT2D eigenvalue weighted by Gasteiger charge is -2.10. The zero-order valence-corrected chi connectivity index (χ0v) is 11.9. The molecule has 0 amide bonds. The summed E-state index contributed by atoms with van der Waals surface area (Å²) in [7, 11) is 1.61. The molecule has 0 saturated heterocycles. The first-order chi connectivity index (χ1) is 9.83. The van der Waals surface area contributed by atoms with Crippen LogP contribution in [0.15, 0.2) is 42.6 Å². The predicted octanol–water partition coefficient (Wildman–Crippen LogP) is 2.78. The third kappa shape index (κ3) is 3.96. The summed E-state index contributed by atoms with van der Waals surface area (Å²) in [5, 5.41) is 3.30. The first-order valence-corrected chi connectivity index (χ1v) is 6.74. The molecule has 20 heavy (non-hydrogen) atoms. The molecule has 4 heteroatoms. The first kappa shape index (κ1) is 14.3. The fourth-order valence-corrected chi connectivity index (χ4v) is 1.89. The van der Waals surface area contributed by atoms with Gasteiger partial charge in [0.15, 0.2) is 0 Å². The predicted molar refractivity (Wildman–Crippen MR) is 78.9 cm³/mol. The molecule has 0 aliphatic heterocycles. The highest BCUT2D eigenvalue weighted by atomic mass is 16.5. The highest BCUT2D eigenvalue weighted by molar-refractivity contribution is 5.30. The van der Waals surface area contributed by atoms with Crippen LogP contribution in [0.3, 0.4) is 0 Å². The molecule has 106 valence electrons. The van der Waals surface area contributed by atoms with Gasteiger partial charge in [0.2, 0.25) is 5.88 Å². The van der Waals surface area contributed by atoms with E-state index in [2.05, 4.69) is 23.3 Å². The summed E-state index contributed by atoms with van der Waals surface area (Å²) in [4.78, 5) is 4.16. The fraction of sp³-hybridized carbons (Fsp3) is 0.312. The Balaban J connectivity index is 1.99. The molecule has 0 radical (unpaired) electrons. The van der Waals surface area contributed by atoms with E-state index in [1.54, 1.807) is 13.3 Å². The van der Waals surface area contributed by atoms with Gasteiger partial charge in [-0.3, -0.25) is 0 Å². The smallest absolute Gasteiger partial charge is 0.219 e. The Morgan fingerprint density at radius 3 is 2.90 bits per heavy atom. The maximum atomic E-state index is 5.81. The van der Waals surface area contributed by atoms with E-state index in [4.69, 9.17) is 9.47 Å². The van der Waals surface area contributed by atoms with Crippen LogP contribution in [0.25, 0.3) is 0 Å². The van der Waals surface area contributed by atoms with Gasteiger partial charge in [-0.25, -0.2) is 4.98 Å². The van der Waals surface area contributed by atoms with E-state index in [0.29, 0.717) is 12.5 Å². The van der Waals surface area contributed by atoms with Crippen LogP contribution in [0.4, 0.5) is 0 Å². The zero-order chi connectivity index (χ0) is 14.2. The summed E-state index contributed by atoms with van der Waals surface area (Å²) < 4.78 is 11.0. The Kier molecular flexibility index (Phi) is 5.38. The van der Waals surface area contributed by atoms with Crippen LogP contribution in [-0.4, -0.2) is 18.6 Å². The Morgan fingerprint density at radius 2 is 2.10 bits per heavy atom. The second-order valence-electron chi connectivity index (χ2n) is 4.39. The van der Waals surface area contributed by atoms with Crippen LogP contribution in [0.5, 0.6) is 11.6 Å². The van der Waals surface area contributed by atoms with E-state index in [1.807, 2.05) is 30.3 Å². The Morgan fingerprint density at radius 1 is 1.20 bits per heavy atom. The van der Waals surface area contributed by atoms with Crippen molar-refractivity contribution in [2.45, 2.75) is 20.1 Å². The van der Waals surface area contributed by atoms with Crippen molar-refractivity contribution in [2.24, 2.45) is 0 Å². The highest BCUT2D eigenvalue weighted by Crippen LogP contribution is 2.18. The summed E-state index contributed by atoms with van der Waals surface area (Å²) in [5.41, 5.74) is 2.15. The maximum Gasteiger partial charge on any atom is 0.219 e. The first-order valence-electron chi connectivity index (χ1n) is 6.74. The zero-order valence-electron chi connectivity index (χ0n) is 11.9. The molecule has 0 aliphatic rings. The number of methoxy groups -OCH3 is 1. The molecule has 0 fully saturated rings. The van der Waals surface area contributed by atoms with Gasteiger partial charge in [0.05, 0.1) is 12.7 Å². The van der Waals surface area contributed by atoms with Crippen molar-refractivity contribution in [3.8, 4) is 11.6 Å². The van der Waals surface area contributed by atoms with Gasteiger partial charge < -0.3 is 14.8 Å². The van der Waals surface area contributed by atoms with Crippen molar-refractivity contribution in [3.05, 3.63) is 53.7 Å². The number of nitrogens with zero attached hydrogens (tertiary/aromatic N) is 1. The van der Waals surface area contributed by atoms with Gasteiger partial charge in [-0.2, -0.15) is 0 Å². The molecule has 0 aliphatic carbocycles. The minimum absolute atomic E-state index is 0.446. The number of hydrogen-bond donors (Lipinski definition) is 1. The van der Waals surface area contributed by atoms with Crippen LogP contribution >= 0.6 is 0 Å². The Labute approximate surface area is 119 Å². The largest absolute Gasteiger partial charge is 0.489 e. The number of nitrogens with one attached hydrogen (secondary N) is 1. The number of pyridine rings is 1. The maximum absolute atomic E-state index is 5.81. The molecular weight excluding hydrogens is 252 g/mol. The van der Waals surface area contributed by atoms with E-state index in [-0.39, 0.29) is 0 Å². The third-order valence-electron chi connectivity index (χ3n) is 2.92. The van der Waals surface area contributed by atoms with Crippen molar-refractivity contribution >= 4 is 0 Å². The fourth-order valence-electron chi connectivity index (χ4n) is 1.89. The van der Waals surface area contributed by atoms with Crippen molar-refractivity contribution in [1.29, 1.82) is 0 Å². The number of aromatic nitrogens is 1. The van der Waals surface area contributed by atoms with Crippen LogP contribution in [0.2, 0.25) is 0 Å². The second-order valence-corrected chi connectivity index (χ2v) is 4.39. The van der Waals surface area contributed by atoms with E-state index in [0.717, 1.165) is 24.4 Å². The lowest BCUT2D eigenvalue weighted by Crippen LogP contribution is -2.11. The van der Waals surface area contributed by atoms with Gasteiger partial charge >= 0.3 is 0 Å². The van der Waals surface area contributed by atoms with Crippen molar-refractivity contribution in [2.75, 3.05) is 13.7 Å². The molecule has 2 rings (SSSR count). The van der Waals surface area contributed by atoms with Gasteiger partial charge in [0, 0.05) is 12.7 Å². The molecule has 1 heterocycles. The van der Waals surface area contributed by atoms with Crippen LogP contribution < -0.4 is 14.8 Å². The molecule has 0 saturated carbocycles. The molecule has 1 aromatic heterocycles. The van der Waals surface area contributed by atoms with E-state index >= 15 is 0 Å². The van der Waals surface area contributed by atoms with Gasteiger partial charge in [0.25, 0.3) is 0 Å². The Hall–Kier alpha value is -2.07. The monoisotopic (exact) mass is 272 g/mol. The molecule has 2 aromatic rings. The van der Waals surface area contributed by atoms with Gasteiger partial charge in [0.1, 0.15) is 12.4 Å². The summed E-state index contributed by atoms with van der Waals surface area (Å²) in [5.74, 6) is 1.46. The molecular formula is C16H20N2O2. The standard InChI is InChI=1S/C16H20N2O2/c1-3-17-11-13-6-4-8-15(10-13)20-12-14-7-5-9-18-16(14)19-2/h4-10,17H,3,11-12H2,1-2H3. The van der Waals surface area contributed by atoms with Crippen molar-refractivity contribution in [3.63, 3.8) is 0 Å². The average Bonchev–Trinajstić information content (AvgIpc) is 2.51. The quantitative estimate of drug-likeness (QED) is 0.841. The number of hydrogen-bond acceptors (Lipinski definition) is 4. The van der Waals surface area contributed by atoms with Gasteiger partial charge in [-0.15, -0.1) is 0 Å². The third-order valence-corrected chi connectivity index (χ3v) is 2.92. The SMILES string of the molecule is CCNCc1cccc(OCc2cccnc2OC)c1. The summed E-state index contributed by atoms with van der Waals surface area (Å²) in [6.07, 6.45) is 1.71. The number of benzene rings is 1. The highest BCUT2D eigenvalue weighted by Gasteiger charge is 2.04. The molecule has 0 bridgehead atoms. The normalized spacial score (nSPS) is 10.3. The van der Waals surface area contributed by atoms with Gasteiger partial charge in [-0.05, 0) is 36.4 Å². The molecule has 0 spiro atoms. The minimum atomic E-state index is 0.446. The average molecular weight is 272 g/mol. The minimum Gasteiger partial charge on any atom is -0.489 e. The molecule has 1 aromatic carbocycles. The molecule has 4 nitrogen and oxygen atoms in total. The number of rotatable bonds is 7. The van der Waals surface area contributed by atoms with E-state index in [9.17, 15) is 0 Å². The second kappa shape index (κ2) is 7.50.